The maximum Gasteiger partial charge on any atom is 0.275 e. The van der Waals surface area contributed by atoms with Gasteiger partial charge in [0.2, 0.25) is 5.91 Å². The number of aromatic nitrogens is 2. The molecule has 0 saturated carbocycles. The van der Waals surface area contributed by atoms with Crippen LogP contribution in [-0.2, 0) is 11.3 Å². The Labute approximate surface area is 168 Å². The largest absolute Gasteiger partial charge is 0.457 e. The fraction of sp³-hybridized carbons (Fsp3) is 0.238. The maximum atomic E-state index is 12.3. The van der Waals surface area contributed by atoms with Gasteiger partial charge >= 0.3 is 0 Å². The SMILES string of the molecule is Cc1cc(C)c(C)c(Oc2cc(NC(=O)Cn3nccc3C)cc([N+](=O)[O-])c2)c1. The van der Waals surface area contributed by atoms with Gasteiger partial charge < -0.3 is 10.1 Å². The summed E-state index contributed by atoms with van der Waals surface area (Å²) >= 11 is 0. The van der Waals surface area contributed by atoms with Crippen molar-refractivity contribution in [1.29, 1.82) is 0 Å². The molecule has 8 nitrogen and oxygen atoms in total. The second kappa shape index (κ2) is 8.14. The second-order valence-corrected chi connectivity index (χ2v) is 6.96. The van der Waals surface area contributed by atoms with Crippen molar-refractivity contribution in [3.05, 3.63) is 75.1 Å². The molecule has 0 aliphatic carbocycles. The summed E-state index contributed by atoms with van der Waals surface area (Å²) in [5.74, 6) is 0.552. The van der Waals surface area contributed by atoms with Crippen molar-refractivity contribution in [2.45, 2.75) is 34.2 Å². The van der Waals surface area contributed by atoms with E-state index in [1.165, 1.54) is 12.1 Å². The highest BCUT2D eigenvalue weighted by molar-refractivity contribution is 5.91. The third-order valence-electron chi connectivity index (χ3n) is 4.60. The molecule has 0 fully saturated rings. The maximum absolute atomic E-state index is 12.3. The number of carbonyl (C=O) groups excluding carboxylic acids is 1. The van der Waals surface area contributed by atoms with Crippen molar-refractivity contribution in [1.82, 2.24) is 9.78 Å². The average molecular weight is 394 g/mol. The van der Waals surface area contributed by atoms with Crippen LogP contribution in [0.4, 0.5) is 11.4 Å². The predicted molar refractivity (Wildman–Crippen MR) is 109 cm³/mol. The number of benzene rings is 2. The van der Waals surface area contributed by atoms with E-state index >= 15 is 0 Å². The first kappa shape index (κ1) is 20.1. The van der Waals surface area contributed by atoms with Gasteiger partial charge in [-0.25, -0.2) is 0 Å². The summed E-state index contributed by atoms with van der Waals surface area (Å²) in [5, 5.41) is 18.1. The molecule has 29 heavy (non-hydrogen) atoms. The fourth-order valence-electron chi connectivity index (χ4n) is 2.95. The minimum Gasteiger partial charge on any atom is -0.457 e. The van der Waals surface area contributed by atoms with Crippen molar-refractivity contribution in [2.75, 3.05) is 5.32 Å². The van der Waals surface area contributed by atoms with Crippen LogP contribution in [0.15, 0.2) is 42.6 Å². The van der Waals surface area contributed by atoms with Gasteiger partial charge in [0.15, 0.2) is 0 Å². The lowest BCUT2D eigenvalue weighted by Gasteiger charge is -2.13. The molecule has 0 saturated heterocycles. The first-order chi connectivity index (χ1) is 13.7. The van der Waals surface area contributed by atoms with Crippen LogP contribution in [0.5, 0.6) is 11.5 Å². The number of anilines is 1. The van der Waals surface area contributed by atoms with Crippen molar-refractivity contribution in [3.8, 4) is 11.5 Å². The van der Waals surface area contributed by atoms with Gasteiger partial charge in [-0.15, -0.1) is 0 Å². The van der Waals surface area contributed by atoms with Crippen molar-refractivity contribution < 1.29 is 14.5 Å². The molecule has 8 heteroatoms. The van der Waals surface area contributed by atoms with Gasteiger partial charge in [-0.05, 0) is 56.5 Å². The molecule has 0 aliphatic rings. The second-order valence-electron chi connectivity index (χ2n) is 6.96. The number of nitrogens with zero attached hydrogens (tertiary/aromatic N) is 3. The number of nitro groups is 1. The molecule has 0 unspecified atom stereocenters. The average Bonchev–Trinajstić information content (AvgIpc) is 3.03. The van der Waals surface area contributed by atoms with Gasteiger partial charge in [0.25, 0.3) is 5.69 Å². The standard InChI is InChI=1S/C21H22N4O4/c1-13-7-14(2)16(4)20(8-13)29-19-10-17(9-18(11-19)25(27)28)23-21(26)12-24-15(3)5-6-22-24/h5-11H,12H2,1-4H3,(H,23,26). The Bertz CT molecular complexity index is 1090. The molecule has 0 atom stereocenters. The Morgan fingerprint density at radius 2 is 1.93 bits per heavy atom. The molecule has 1 N–H and O–H groups in total. The van der Waals surface area contributed by atoms with Gasteiger partial charge in [-0.2, -0.15) is 5.10 Å². The Kier molecular flexibility index (Phi) is 5.63. The van der Waals surface area contributed by atoms with Crippen LogP contribution in [-0.4, -0.2) is 20.6 Å². The lowest BCUT2D eigenvalue weighted by atomic mass is 10.1. The number of ether oxygens (including phenoxy) is 1. The summed E-state index contributed by atoms with van der Waals surface area (Å²) in [5.41, 5.74) is 3.99. The molecule has 3 aromatic rings. The minimum absolute atomic E-state index is 0.00784. The summed E-state index contributed by atoms with van der Waals surface area (Å²) in [6, 6.07) is 9.91. The summed E-state index contributed by atoms with van der Waals surface area (Å²) in [6.45, 7) is 7.71. The van der Waals surface area contributed by atoms with Crippen LogP contribution in [0, 0.1) is 37.8 Å². The Balaban J connectivity index is 1.87. The van der Waals surface area contributed by atoms with E-state index in [4.69, 9.17) is 4.74 Å². The van der Waals surface area contributed by atoms with Crippen molar-refractivity contribution in [2.24, 2.45) is 0 Å². The van der Waals surface area contributed by atoms with Crippen LogP contribution < -0.4 is 10.1 Å². The molecule has 0 spiro atoms. The number of hydrogen-bond donors (Lipinski definition) is 1. The van der Waals surface area contributed by atoms with Crippen molar-refractivity contribution >= 4 is 17.3 Å². The monoisotopic (exact) mass is 394 g/mol. The van der Waals surface area contributed by atoms with Gasteiger partial charge in [0.05, 0.1) is 16.7 Å². The normalized spacial score (nSPS) is 10.6. The van der Waals surface area contributed by atoms with Gasteiger partial charge in [0.1, 0.15) is 18.0 Å². The molecule has 0 aliphatic heterocycles. The molecule has 1 aromatic heterocycles. The summed E-state index contributed by atoms with van der Waals surface area (Å²) in [7, 11) is 0. The number of hydrogen-bond acceptors (Lipinski definition) is 5. The Morgan fingerprint density at radius 3 is 2.59 bits per heavy atom. The summed E-state index contributed by atoms with van der Waals surface area (Å²) in [6.07, 6.45) is 1.61. The number of non-ortho nitro benzene ring substituents is 1. The quantitative estimate of drug-likeness (QED) is 0.492. The molecule has 2 aromatic carbocycles. The van der Waals surface area contributed by atoms with Crippen LogP contribution in [0.25, 0.3) is 0 Å². The molecular weight excluding hydrogens is 372 g/mol. The fourth-order valence-corrected chi connectivity index (χ4v) is 2.95. The molecule has 0 bridgehead atoms. The third-order valence-corrected chi connectivity index (χ3v) is 4.60. The Hall–Kier alpha value is -3.68. The van der Waals surface area contributed by atoms with E-state index in [0.29, 0.717) is 5.75 Å². The highest BCUT2D eigenvalue weighted by atomic mass is 16.6. The summed E-state index contributed by atoms with van der Waals surface area (Å²) in [4.78, 5) is 23.2. The predicted octanol–water partition coefficient (Wildman–Crippen LogP) is 4.46. The molecule has 1 heterocycles. The van der Waals surface area contributed by atoms with Crippen LogP contribution in [0.1, 0.15) is 22.4 Å². The number of nitro benzene ring substituents is 1. The highest BCUT2D eigenvalue weighted by Gasteiger charge is 2.15. The number of rotatable bonds is 6. The molecule has 150 valence electrons. The third kappa shape index (κ3) is 4.78. The first-order valence-electron chi connectivity index (χ1n) is 9.06. The van der Waals surface area contributed by atoms with E-state index in [0.717, 1.165) is 22.4 Å². The van der Waals surface area contributed by atoms with E-state index in [9.17, 15) is 14.9 Å². The van der Waals surface area contributed by atoms with Gasteiger partial charge in [-0.1, -0.05) is 6.07 Å². The van der Waals surface area contributed by atoms with E-state index in [-0.39, 0.29) is 29.6 Å². The van der Waals surface area contributed by atoms with Crippen molar-refractivity contribution in [3.63, 3.8) is 0 Å². The molecule has 3 rings (SSSR count). The van der Waals surface area contributed by atoms with Crippen LogP contribution >= 0.6 is 0 Å². The lowest BCUT2D eigenvalue weighted by Crippen LogP contribution is -2.20. The molecule has 0 radical (unpaired) electrons. The van der Waals surface area contributed by atoms with Gasteiger partial charge in [-0.3, -0.25) is 19.6 Å². The van der Waals surface area contributed by atoms with Crippen LogP contribution in [0.3, 0.4) is 0 Å². The minimum atomic E-state index is -0.519. The van der Waals surface area contributed by atoms with E-state index in [2.05, 4.69) is 10.4 Å². The smallest absolute Gasteiger partial charge is 0.275 e. The zero-order chi connectivity index (χ0) is 21.1. The van der Waals surface area contributed by atoms with Crippen LogP contribution in [0.2, 0.25) is 0 Å². The highest BCUT2D eigenvalue weighted by Crippen LogP contribution is 2.32. The number of nitrogens with one attached hydrogen (secondary N) is 1. The number of carbonyl (C=O) groups is 1. The topological polar surface area (TPSA) is 99.3 Å². The first-order valence-corrected chi connectivity index (χ1v) is 9.06. The number of amides is 1. The number of aryl methyl sites for hydroxylation is 3. The van der Waals surface area contributed by atoms with E-state index in [1.807, 2.05) is 39.8 Å². The van der Waals surface area contributed by atoms with Gasteiger partial charge in [0, 0.05) is 24.0 Å². The van der Waals surface area contributed by atoms with E-state index < -0.39 is 4.92 Å². The Morgan fingerprint density at radius 1 is 1.17 bits per heavy atom. The summed E-state index contributed by atoms with van der Waals surface area (Å²) < 4.78 is 7.48. The lowest BCUT2D eigenvalue weighted by molar-refractivity contribution is -0.384. The van der Waals surface area contributed by atoms with E-state index in [1.54, 1.807) is 23.0 Å². The zero-order valence-corrected chi connectivity index (χ0v) is 16.7. The molecular formula is C21H22N4O4. The molecule has 1 amide bonds. The zero-order valence-electron chi connectivity index (χ0n) is 16.7.